The quantitative estimate of drug-likeness (QED) is 0.112. The number of hydrogen-bond donors (Lipinski definition) is 4. The maximum absolute atomic E-state index is 11.9. The van der Waals surface area contributed by atoms with Crippen molar-refractivity contribution in [3.05, 3.63) is 0 Å². The van der Waals surface area contributed by atoms with Crippen LogP contribution >= 0.6 is 50.5 Å². The first-order valence-corrected chi connectivity index (χ1v) is 13.2. The normalized spacial score (nSPS) is 13.2. The Kier molecular flexibility index (Phi) is 17.5. The fourth-order valence-corrected chi connectivity index (χ4v) is 3.24. The number of ether oxygens (including phenoxy) is 4. The van der Waals surface area contributed by atoms with E-state index in [-0.39, 0.29) is 68.2 Å². The van der Waals surface area contributed by atoms with Crippen molar-refractivity contribution in [2.45, 2.75) is 39.5 Å². The summed E-state index contributed by atoms with van der Waals surface area (Å²) in [7, 11) is 0. The first kappa shape index (κ1) is 32.4. The molecule has 12 heteroatoms. The molecule has 0 fully saturated rings. The number of esters is 3. The minimum Gasteiger partial charge on any atom is -0.464 e. The molecule has 0 aromatic rings. The van der Waals surface area contributed by atoms with E-state index in [0.717, 1.165) is 0 Å². The number of thiol groups is 4. The minimum absolute atomic E-state index is 0.0167. The lowest BCUT2D eigenvalue weighted by Gasteiger charge is -2.35. The Morgan fingerprint density at radius 1 is 0.606 bits per heavy atom. The van der Waals surface area contributed by atoms with Crippen molar-refractivity contribution in [2.75, 3.05) is 56.0 Å². The number of carbonyl (C=O) groups excluding carboxylic acids is 4. The molecule has 0 N–H and O–H groups in total. The van der Waals surface area contributed by atoms with Gasteiger partial charge in [0.2, 0.25) is 0 Å². The molecular formula is C21H36O8S4. The van der Waals surface area contributed by atoms with Gasteiger partial charge in [-0.1, -0.05) is 13.8 Å². The summed E-state index contributed by atoms with van der Waals surface area (Å²) in [6.45, 7) is 4.14. The van der Waals surface area contributed by atoms with Crippen LogP contribution in [0.5, 0.6) is 0 Å². The van der Waals surface area contributed by atoms with E-state index in [1.807, 2.05) is 13.8 Å². The fourth-order valence-electron chi connectivity index (χ4n) is 2.80. The van der Waals surface area contributed by atoms with Crippen LogP contribution in [0.3, 0.4) is 0 Å². The van der Waals surface area contributed by atoms with E-state index in [9.17, 15) is 19.2 Å². The van der Waals surface area contributed by atoms with E-state index in [1.54, 1.807) is 0 Å². The zero-order valence-electron chi connectivity index (χ0n) is 19.2. The highest BCUT2D eigenvalue weighted by atomic mass is 32.1. The standard InChI is InChI=1S/C21H36O8S4/c1-3-20(6-5-16(22)7-30,13-27-17(23)8-31)11-26-12-21(4-2,14-28-18(24)9-32)15-29-19(25)10-33/h30-33H,3-15H2,1-2H3. The highest BCUT2D eigenvalue weighted by Crippen LogP contribution is 2.32. The van der Waals surface area contributed by atoms with Crippen molar-refractivity contribution in [3.63, 3.8) is 0 Å². The van der Waals surface area contributed by atoms with Crippen LogP contribution < -0.4 is 0 Å². The van der Waals surface area contributed by atoms with Gasteiger partial charge in [0.25, 0.3) is 0 Å². The third-order valence-corrected chi connectivity index (χ3v) is 6.56. The van der Waals surface area contributed by atoms with E-state index in [0.29, 0.717) is 19.3 Å². The number of hydrogen-bond acceptors (Lipinski definition) is 12. The van der Waals surface area contributed by atoms with Gasteiger partial charge in [0.1, 0.15) is 19.0 Å². The second kappa shape index (κ2) is 17.8. The van der Waals surface area contributed by atoms with Gasteiger partial charge in [-0.05, 0) is 19.3 Å². The summed E-state index contributed by atoms with van der Waals surface area (Å²) < 4.78 is 21.9. The zero-order valence-corrected chi connectivity index (χ0v) is 22.8. The van der Waals surface area contributed by atoms with Crippen molar-refractivity contribution in [1.29, 1.82) is 0 Å². The maximum Gasteiger partial charge on any atom is 0.315 e. The van der Waals surface area contributed by atoms with Crippen LogP contribution in [0.25, 0.3) is 0 Å². The summed E-state index contributed by atoms with van der Waals surface area (Å²) in [5.41, 5.74) is -1.38. The lowest BCUT2D eigenvalue weighted by atomic mass is 9.81. The van der Waals surface area contributed by atoms with Crippen LogP contribution in [0.1, 0.15) is 39.5 Å². The molecule has 33 heavy (non-hydrogen) atoms. The molecule has 192 valence electrons. The molecule has 0 rings (SSSR count). The number of Topliss-reactive ketones (excluding diaryl/α,β-unsaturated/α-hetero) is 1. The van der Waals surface area contributed by atoms with Crippen LogP contribution in [-0.2, 0) is 38.1 Å². The van der Waals surface area contributed by atoms with Crippen LogP contribution in [0.2, 0.25) is 0 Å². The lowest BCUT2D eigenvalue weighted by Crippen LogP contribution is -2.41. The molecule has 0 aliphatic heterocycles. The molecule has 0 amide bonds. The maximum atomic E-state index is 11.9. The van der Waals surface area contributed by atoms with Crippen LogP contribution in [-0.4, -0.2) is 79.7 Å². The van der Waals surface area contributed by atoms with Gasteiger partial charge in [-0.3, -0.25) is 19.2 Å². The van der Waals surface area contributed by atoms with E-state index < -0.39 is 28.7 Å². The van der Waals surface area contributed by atoms with Gasteiger partial charge in [-0.15, -0.1) is 0 Å². The molecule has 0 saturated carbocycles. The largest absolute Gasteiger partial charge is 0.464 e. The molecule has 0 aromatic heterocycles. The van der Waals surface area contributed by atoms with E-state index in [2.05, 4.69) is 50.5 Å². The van der Waals surface area contributed by atoms with Crippen LogP contribution in [0.15, 0.2) is 0 Å². The first-order chi connectivity index (χ1) is 15.6. The topological polar surface area (TPSA) is 105 Å². The molecule has 8 nitrogen and oxygen atoms in total. The predicted molar refractivity (Wildman–Crippen MR) is 139 cm³/mol. The third kappa shape index (κ3) is 13.2. The Labute approximate surface area is 218 Å². The molecule has 0 aliphatic rings. The molecule has 1 atom stereocenters. The molecule has 0 spiro atoms. The summed E-state index contributed by atoms with van der Waals surface area (Å²) >= 11 is 15.8. The van der Waals surface area contributed by atoms with Gasteiger partial charge >= 0.3 is 17.9 Å². The Hall–Kier alpha value is -0.560. The van der Waals surface area contributed by atoms with Gasteiger partial charge in [-0.25, -0.2) is 0 Å². The summed E-state index contributed by atoms with van der Waals surface area (Å²) in [6.07, 6.45) is 1.82. The second-order valence-corrected chi connectivity index (χ2v) is 9.12. The average Bonchev–Trinajstić information content (AvgIpc) is 2.85. The number of rotatable bonds is 19. The van der Waals surface area contributed by atoms with Crippen molar-refractivity contribution in [2.24, 2.45) is 10.8 Å². The zero-order chi connectivity index (χ0) is 25.3. The molecule has 0 heterocycles. The molecule has 0 aliphatic carbocycles. The van der Waals surface area contributed by atoms with Gasteiger partial charge in [0, 0.05) is 17.6 Å². The van der Waals surface area contributed by atoms with Gasteiger partial charge in [0.05, 0.1) is 42.5 Å². The number of carbonyl (C=O) groups is 4. The van der Waals surface area contributed by atoms with Crippen molar-refractivity contribution >= 4 is 74.2 Å². The van der Waals surface area contributed by atoms with E-state index >= 15 is 0 Å². The monoisotopic (exact) mass is 544 g/mol. The molecular weight excluding hydrogens is 508 g/mol. The summed E-state index contributed by atoms with van der Waals surface area (Å²) in [5.74, 6) is -1.55. The molecule has 0 aromatic carbocycles. The van der Waals surface area contributed by atoms with Crippen LogP contribution in [0.4, 0.5) is 0 Å². The Balaban J connectivity index is 5.43. The third-order valence-electron chi connectivity index (χ3n) is 5.43. The average molecular weight is 545 g/mol. The SMILES string of the molecule is CCC(CCC(=O)CS)(COCC(CC)(COC(=O)CS)COC(=O)CS)COC(=O)CS. The first-order valence-electron chi connectivity index (χ1n) is 10.6. The Bertz CT molecular complexity index is 537. The lowest BCUT2D eigenvalue weighted by molar-refractivity contribution is -0.156. The van der Waals surface area contributed by atoms with Gasteiger partial charge < -0.3 is 18.9 Å². The van der Waals surface area contributed by atoms with Crippen LogP contribution in [0, 0.1) is 10.8 Å². The van der Waals surface area contributed by atoms with E-state index in [1.165, 1.54) is 0 Å². The summed E-state index contributed by atoms with van der Waals surface area (Å²) in [6, 6.07) is 0. The molecule has 1 unspecified atom stereocenters. The smallest absolute Gasteiger partial charge is 0.315 e. The fraction of sp³-hybridized carbons (Fsp3) is 0.810. The molecule has 0 radical (unpaired) electrons. The Morgan fingerprint density at radius 2 is 1.00 bits per heavy atom. The van der Waals surface area contributed by atoms with Crippen molar-refractivity contribution < 1.29 is 38.1 Å². The van der Waals surface area contributed by atoms with E-state index in [4.69, 9.17) is 18.9 Å². The molecule has 0 bridgehead atoms. The predicted octanol–water partition coefficient (Wildman–Crippen LogP) is 2.49. The number of ketones is 1. The molecule has 0 saturated heterocycles. The van der Waals surface area contributed by atoms with Gasteiger partial charge in [0.15, 0.2) is 0 Å². The van der Waals surface area contributed by atoms with Crippen molar-refractivity contribution in [3.8, 4) is 0 Å². The van der Waals surface area contributed by atoms with Gasteiger partial charge in [-0.2, -0.15) is 50.5 Å². The van der Waals surface area contributed by atoms with Crippen molar-refractivity contribution in [1.82, 2.24) is 0 Å². The highest BCUT2D eigenvalue weighted by molar-refractivity contribution is 7.81. The Morgan fingerprint density at radius 3 is 1.36 bits per heavy atom. The second-order valence-electron chi connectivity index (χ2n) is 7.85. The summed E-state index contributed by atoms with van der Waals surface area (Å²) in [5, 5.41) is 0. The summed E-state index contributed by atoms with van der Waals surface area (Å²) in [4.78, 5) is 46.8. The highest BCUT2D eigenvalue weighted by Gasteiger charge is 2.36. The minimum atomic E-state index is -0.778.